The van der Waals surface area contributed by atoms with E-state index in [0.717, 1.165) is 6.07 Å². The number of carbonyl (C=O) groups excluding carboxylic acids is 2. The first-order valence-electron chi connectivity index (χ1n) is 4.94. The van der Waals surface area contributed by atoms with Gasteiger partial charge >= 0.3 is 5.97 Å². The minimum absolute atomic E-state index is 0.0469. The van der Waals surface area contributed by atoms with Gasteiger partial charge < -0.3 is 20.3 Å². The molecule has 0 saturated carbocycles. The number of hydrogen-bond acceptors (Lipinski definition) is 5. The van der Waals surface area contributed by atoms with E-state index in [1.165, 1.54) is 19.1 Å². The van der Waals surface area contributed by atoms with Gasteiger partial charge in [0, 0.05) is 13.0 Å². The first-order chi connectivity index (χ1) is 8.00. The second-order valence-corrected chi connectivity index (χ2v) is 3.30. The Hall–Kier alpha value is -2.24. The molecule has 0 aliphatic carbocycles. The predicted molar refractivity (Wildman–Crippen MR) is 58.7 cm³/mol. The third-order valence-electron chi connectivity index (χ3n) is 1.92. The summed E-state index contributed by atoms with van der Waals surface area (Å²) < 4.78 is 4.62. The van der Waals surface area contributed by atoms with Crippen molar-refractivity contribution in [2.24, 2.45) is 0 Å². The van der Waals surface area contributed by atoms with Gasteiger partial charge in [0.05, 0.1) is 12.1 Å². The molecule has 0 aliphatic rings. The van der Waals surface area contributed by atoms with Gasteiger partial charge in [0.25, 0.3) is 5.91 Å². The molecule has 0 radical (unpaired) electrons. The molecule has 0 aromatic heterocycles. The molecule has 1 aromatic carbocycles. The maximum Gasteiger partial charge on any atom is 0.302 e. The lowest BCUT2D eigenvalue weighted by atomic mass is 10.2. The van der Waals surface area contributed by atoms with Crippen molar-refractivity contribution in [3.63, 3.8) is 0 Å². The molecule has 92 valence electrons. The van der Waals surface area contributed by atoms with Gasteiger partial charge in [0.1, 0.15) is 18.1 Å². The fourth-order valence-electron chi connectivity index (χ4n) is 1.17. The summed E-state index contributed by atoms with van der Waals surface area (Å²) >= 11 is 0. The largest absolute Gasteiger partial charge is 0.508 e. The van der Waals surface area contributed by atoms with E-state index >= 15 is 0 Å². The van der Waals surface area contributed by atoms with Crippen molar-refractivity contribution in [2.75, 3.05) is 13.2 Å². The van der Waals surface area contributed by atoms with E-state index in [9.17, 15) is 14.7 Å². The number of amides is 1. The molecule has 3 N–H and O–H groups in total. The highest BCUT2D eigenvalue weighted by Crippen LogP contribution is 2.22. The van der Waals surface area contributed by atoms with Gasteiger partial charge in [0.2, 0.25) is 0 Å². The Morgan fingerprint density at radius 2 is 2.06 bits per heavy atom. The first-order valence-corrected chi connectivity index (χ1v) is 4.94. The minimum atomic E-state index is -0.505. The van der Waals surface area contributed by atoms with Crippen LogP contribution in [0.25, 0.3) is 0 Å². The summed E-state index contributed by atoms with van der Waals surface area (Å²) in [7, 11) is 0. The number of benzene rings is 1. The lowest BCUT2D eigenvalue weighted by Crippen LogP contribution is -2.27. The zero-order valence-corrected chi connectivity index (χ0v) is 9.27. The van der Waals surface area contributed by atoms with E-state index < -0.39 is 11.9 Å². The summed E-state index contributed by atoms with van der Waals surface area (Å²) in [5, 5.41) is 20.9. The van der Waals surface area contributed by atoms with Crippen molar-refractivity contribution in [1.29, 1.82) is 0 Å². The van der Waals surface area contributed by atoms with Crippen LogP contribution >= 0.6 is 0 Å². The van der Waals surface area contributed by atoms with Crippen LogP contribution in [0.2, 0.25) is 0 Å². The van der Waals surface area contributed by atoms with E-state index in [1.54, 1.807) is 0 Å². The summed E-state index contributed by atoms with van der Waals surface area (Å²) in [4.78, 5) is 22.0. The van der Waals surface area contributed by atoms with E-state index in [4.69, 9.17) is 5.11 Å². The van der Waals surface area contributed by atoms with Gasteiger partial charge in [-0.25, -0.2) is 0 Å². The molecule has 0 bridgehead atoms. The number of aromatic hydroxyl groups is 2. The topological polar surface area (TPSA) is 95.9 Å². The quantitative estimate of drug-likeness (QED) is 0.521. The van der Waals surface area contributed by atoms with Crippen LogP contribution in [0.5, 0.6) is 11.5 Å². The lowest BCUT2D eigenvalue weighted by molar-refractivity contribution is -0.140. The number of nitrogens with one attached hydrogen (secondary N) is 1. The summed E-state index contributed by atoms with van der Waals surface area (Å²) in [5.41, 5.74) is 0.0469. The van der Waals surface area contributed by atoms with E-state index in [0.29, 0.717) is 0 Å². The van der Waals surface area contributed by atoms with Gasteiger partial charge in [-0.2, -0.15) is 0 Å². The van der Waals surface area contributed by atoms with E-state index in [1.807, 2.05) is 0 Å². The zero-order chi connectivity index (χ0) is 12.8. The SMILES string of the molecule is CC(=O)OCCNC(=O)c1ccc(O)cc1O. The summed E-state index contributed by atoms with van der Waals surface area (Å²) in [5.74, 6) is -1.37. The van der Waals surface area contributed by atoms with E-state index in [-0.39, 0.29) is 30.2 Å². The fraction of sp³-hybridized carbons (Fsp3) is 0.273. The maximum atomic E-state index is 11.5. The highest BCUT2D eigenvalue weighted by atomic mass is 16.5. The molecule has 1 amide bonds. The summed E-state index contributed by atoms with van der Waals surface area (Å²) in [6.45, 7) is 1.49. The molecule has 0 unspecified atom stereocenters. The first kappa shape index (κ1) is 12.8. The number of ether oxygens (including phenoxy) is 1. The number of carbonyl (C=O) groups is 2. The van der Waals surface area contributed by atoms with Crippen LogP contribution in [0.1, 0.15) is 17.3 Å². The number of esters is 1. The lowest BCUT2D eigenvalue weighted by Gasteiger charge is -2.07. The molecule has 0 saturated heterocycles. The summed E-state index contributed by atoms with van der Waals surface area (Å²) in [6.07, 6.45) is 0. The molecule has 0 fully saturated rings. The third kappa shape index (κ3) is 4.02. The highest BCUT2D eigenvalue weighted by molar-refractivity contribution is 5.96. The third-order valence-corrected chi connectivity index (χ3v) is 1.92. The zero-order valence-electron chi connectivity index (χ0n) is 9.27. The number of hydrogen-bond donors (Lipinski definition) is 3. The Kier molecular flexibility index (Phi) is 4.33. The molecule has 17 heavy (non-hydrogen) atoms. The highest BCUT2D eigenvalue weighted by Gasteiger charge is 2.10. The molecule has 0 spiro atoms. The maximum absolute atomic E-state index is 11.5. The molecular formula is C11H13NO5. The van der Waals surface area contributed by atoms with Gasteiger partial charge in [0.15, 0.2) is 0 Å². The molecular weight excluding hydrogens is 226 g/mol. The average Bonchev–Trinajstić information content (AvgIpc) is 2.23. The van der Waals surface area contributed by atoms with Crippen molar-refractivity contribution in [3.8, 4) is 11.5 Å². The van der Waals surface area contributed by atoms with E-state index in [2.05, 4.69) is 10.1 Å². The second kappa shape index (κ2) is 5.74. The van der Waals surface area contributed by atoms with Crippen molar-refractivity contribution in [1.82, 2.24) is 5.32 Å². The molecule has 1 rings (SSSR count). The van der Waals surface area contributed by atoms with Crippen molar-refractivity contribution >= 4 is 11.9 Å². The Balaban J connectivity index is 2.50. The summed E-state index contributed by atoms with van der Waals surface area (Å²) in [6, 6.07) is 3.66. The van der Waals surface area contributed by atoms with Crippen LogP contribution in [-0.4, -0.2) is 35.2 Å². The van der Waals surface area contributed by atoms with Gasteiger partial charge in [-0.3, -0.25) is 9.59 Å². The number of rotatable bonds is 4. The molecule has 0 heterocycles. The van der Waals surface area contributed by atoms with Crippen molar-refractivity contribution in [3.05, 3.63) is 23.8 Å². The molecule has 6 nitrogen and oxygen atoms in total. The number of phenolic OH excluding ortho intramolecular Hbond substituents is 2. The van der Waals surface area contributed by atoms with Gasteiger partial charge in [-0.1, -0.05) is 0 Å². The fourth-order valence-corrected chi connectivity index (χ4v) is 1.17. The standard InChI is InChI=1S/C11H13NO5/c1-7(13)17-5-4-12-11(16)9-3-2-8(14)6-10(9)15/h2-3,6,14-15H,4-5H2,1H3,(H,12,16). The normalized spacial score (nSPS) is 9.71. The van der Waals surface area contributed by atoms with Crippen LogP contribution in [0, 0.1) is 0 Å². The van der Waals surface area contributed by atoms with Crippen LogP contribution in [0.4, 0.5) is 0 Å². The monoisotopic (exact) mass is 239 g/mol. The molecule has 0 atom stereocenters. The molecule has 1 aromatic rings. The smallest absolute Gasteiger partial charge is 0.302 e. The average molecular weight is 239 g/mol. The predicted octanol–water partition coefficient (Wildman–Crippen LogP) is 0.391. The Morgan fingerprint density at radius 1 is 1.35 bits per heavy atom. The van der Waals surface area contributed by atoms with Gasteiger partial charge in [-0.05, 0) is 12.1 Å². The molecule has 6 heteroatoms. The van der Waals surface area contributed by atoms with Crippen LogP contribution in [-0.2, 0) is 9.53 Å². The van der Waals surface area contributed by atoms with Crippen LogP contribution in [0.3, 0.4) is 0 Å². The number of phenols is 2. The second-order valence-electron chi connectivity index (χ2n) is 3.30. The Morgan fingerprint density at radius 3 is 2.65 bits per heavy atom. The van der Waals surface area contributed by atoms with Gasteiger partial charge in [-0.15, -0.1) is 0 Å². The molecule has 0 aliphatic heterocycles. The van der Waals surface area contributed by atoms with Crippen molar-refractivity contribution in [2.45, 2.75) is 6.92 Å². The Labute approximate surface area is 97.8 Å². The van der Waals surface area contributed by atoms with Crippen molar-refractivity contribution < 1.29 is 24.5 Å². The Bertz CT molecular complexity index is 430. The minimum Gasteiger partial charge on any atom is -0.508 e. The van der Waals surface area contributed by atoms with Crippen LogP contribution < -0.4 is 5.32 Å². The van der Waals surface area contributed by atoms with Crippen LogP contribution in [0.15, 0.2) is 18.2 Å².